The zero-order chi connectivity index (χ0) is 16.9. The van der Waals surface area contributed by atoms with Crippen LogP contribution in [-0.2, 0) is 17.9 Å². The van der Waals surface area contributed by atoms with Gasteiger partial charge in [-0.15, -0.1) is 6.58 Å². The van der Waals surface area contributed by atoms with Crippen LogP contribution in [0.3, 0.4) is 0 Å². The summed E-state index contributed by atoms with van der Waals surface area (Å²) in [6.45, 7) is 5.59. The molecule has 3 nitrogen and oxygen atoms in total. The van der Waals surface area contributed by atoms with E-state index in [2.05, 4.69) is 11.1 Å². The van der Waals surface area contributed by atoms with Crippen LogP contribution in [0.5, 0.6) is 0 Å². The van der Waals surface area contributed by atoms with Gasteiger partial charge in [-0.2, -0.15) is 0 Å². The second-order valence-corrected chi connectivity index (χ2v) is 6.39. The van der Waals surface area contributed by atoms with Gasteiger partial charge in [0.1, 0.15) is 5.82 Å². The first-order valence-corrected chi connectivity index (χ1v) is 8.45. The van der Waals surface area contributed by atoms with Crippen molar-refractivity contribution in [1.29, 1.82) is 0 Å². The Labute approximate surface area is 142 Å². The number of hydrogen-bond donors (Lipinski definition) is 0. The van der Waals surface area contributed by atoms with E-state index in [9.17, 15) is 9.18 Å². The predicted octanol–water partition coefficient (Wildman–Crippen LogP) is 3.99. The molecule has 4 heteroatoms. The molecule has 1 saturated carbocycles. The summed E-state index contributed by atoms with van der Waals surface area (Å²) in [5.74, 6) is 0.191. The SMILES string of the molecule is C=CCN(Cc1cccn1Cc1ccc(F)cc1)C(=O)C1CCC1. The molecule has 0 atom stereocenters. The van der Waals surface area contributed by atoms with Crippen molar-refractivity contribution < 1.29 is 9.18 Å². The van der Waals surface area contributed by atoms with Crippen molar-refractivity contribution in [2.24, 2.45) is 5.92 Å². The van der Waals surface area contributed by atoms with Crippen molar-refractivity contribution >= 4 is 5.91 Å². The van der Waals surface area contributed by atoms with Crippen LogP contribution in [0.2, 0.25) is 0 Å². The van der Waals surface area contributed by atoms with Gasteiger partial charge in [0, 0.05) is 30.9 Å². The summed E-state index contributed by atoms with van der Waals surface area (Å²) < 4.78 is 15.2. The molecule has 0 aliphatic heterocycles. The molecule has 0 spiro atoms. The number of amides is 1. The monoisotopic (exact) mass is 326 g/mol. The zero-order valence-electron chi connectivity index (χ0n) is 13.8. The molecule has 0 N–H and O–H groups in total. The van der Waals surface area contributed by atoms with Crippen LogP contribution in [0.1, 0.15) is 30.5 Å². The van der Waals surface area contributed by atoms with Gasteiger partial charge in [0.25, 0.3) is 0 Å². The zero-order valence-corrected chi connectivity index (χ0v) is 13.8. The highest BCUT2D eigenvalue weighted by molar-refractivity contribution is 5.79. The molecule has 1 aromatic heterocycles. The third-order valence-corrected chi connectivity index (χ3v) is 4.66. The van der Waals surface area contributed by atoms with Crippen LogP contribution < -0.4 is 0 Å². The maximum Gasteiger partial charge on any atom is 0.226 e. The van der Waals surface area contributed by atoms with E-state index in [-0.39, 0.29) is 17.6 Å². The summed E-state index contributed by atoms with van der Waals surface area (Å²) in [5.41, 5.74) is 2.11. The Kier molecular flexibility index (Phi) is 5.14. The first kappa shape index (κ1) is 16.5. The van der Waals surface area contributed by atoms with Gasteiger partial charge in [0.05, 0.1) is 6.54 Å². The molecule has 2 aromatic rings. The number of nitrogens with zero attached hydrogens (tertiary/aromatic N) is 2. The first-order valence-electron chi connectivity index (χ1n) is 8.45. The molecule has 1 heterocycles. The van der Waals surface area contributed by atoms with Crippen LogP contribution in [0.25, 0.3) is 0 Å². The average molecular weight is 326 g/mol. The van der Waals surface area contributed by atoms with Crippen LogP contribution in [0.4, 0.5) is 4.39 Å². The summed E-state index contributed by atoms with van der Waals surface area (Å²) in [4.78, 5) is 14.5. The van der Waals surface area contributed by atoms with Gasteiger partial charge < -0.3 is 9.47 Å². The van der Waals surface area contributed by atoms with Crippen molar-refractivity contribution in [3.63, 3.8) is 0 Å². The quantitative estimate of drug-likeness (QED) is 0.706. The van der Waals surface area contributed by atoms with E-state index < -0.39 is 0 Å². The van der Waals surface area contributed by atoms with Crippen LogP contribution in [0, 0.1) is 11.7 Å². The van der Waals surface area contributed by atoms with Gasteiger partial charge in [0.2, 0.25) is 5.91 Å². The second kappa shape index (κ2) is 7.47. The topological polar surface area (TPSA) is 25.2 Å². The van der Waals surface area contributed by atoms with Crippen molar-refractivity contribution in [1.82, 2.24) is 9.47 Å². The molecule has 0 radical (unpaired) electrons. The minimum Gasteiger partial charge on any atom is -0.345 e. The fraction of sp³-hybridized carbons (Fsp3) is 0.350. The molecule has 0 bridgehead atoms. The van der Waals surface area contributed by atoms with Crippen LogP contribution in [-0.4, -0.2) is 21.9 Å². The van der Waals surface area contributed by atoms with E-state index in [0.717, 1.165) is 30.5 Å². The summed E-state index contributed by atoms with van der Waals surface area (Å²) in [6, 6.07) is 10.6. The van der Waals surface area contributed by atoms with Crippen molar-refractivity contribution in [2.45, 2.75) is 32.4 Å². The number of carbonyl (C=O) groups is 1. The minimum absolute atomic E-state index is 0.186. The predicted molar refractivity (Wildman–Crippen MR) is 92.9 cm³/mol. The molecule has 1 aromatic carbocycles. The van der Waals surface area contributed by atoms with Crippen LogP contribution >= 0.6 is 0 Å². The summed E-state index contributed by atoms with van der Waals surface area (Å²) >= 11 is 0. The molecule has 1 aliphatic rings. The molecule has 24 heavy (non-hydrogen) atoms. The minimum atomic E-state index is -0.227. The maximum absolute atomic E-state index is 13.0. The van der Waals surface area contributed by atoms with E-state index in [4.69, 9.17) is 0 Å². The van der Waals surface area contributed by atoms with Crippen molar-refractivity contribution in [3.8, 4) is 0 Å². The number of halogens is 1. The number of hydrogen-bond acceptors (Lipinski definition) is 1. The van der Waals surface area contributed by atoms with Gasteiger partial charge in [-0.1, -0.05) is 24.6 Å². The van der Waals surface area contributed by atoms with Crippen molar-refractivity contribution in [3.05, 3.63) is 72.3 Å². The maximum atomic E-state index is 13.0. The van der Waals surface area contributed by atoms with Crippen LogP contribution in [0.15, 0.2) is 55.3 Å². The van der Waals surface area contributed by atoms with E-state index in [1.165, 1.54) is 12.1 Å². The molecule has 0 saturated heterocycles. The molecule has 1 aliphatic carbocycles. The Hall–Kier alpha value is -2.36. The molecule has 126 valence electrons. The molecule has 1 fully saturated rings. The fourth-order valence-corrected chi connectivity index (χ4v) is 3.03. The summed E-state index contributed by atoms with van der Waals surface area (Å²) in [5, 5.41) is 0. The Morgan fingerprint density at radius 1 is 1.29 bits per heavy atom. The molecule has 1 amide bonds. The van der Waals surface area contributed by atoms with Gasteiger partial charge in [-0.25, -0.2) is 4.39 Å². The standard InChI is InChI=1S/C20H23FN2O/c1-2-12-23(20(24)17-5-3-6-17)15-19-7-4-13-22(19)14-16-8-10-18(21)11-9-16/h2,4,7-11,13,17H,1,3,5-6,12,14-15H2. The van der Waals surface area contributed by atoms with Gasteiger partial charge in [-0.05, 0) is 42.7 Å². The number of aromatic nitrogens is 1. The normalized spacial score (nSPS) is 14.2. The fourth-order valence-electron chi connectivity index (χ4n) is 3.03. The lowest BCUT2D eigenvalue weighted by atomic mass is 9.84. The average Bonchev–Trinajstić information content (AvgIpc) is 2.94. The lowest BCUT2D eigenvalue weighted by Gasteiger charge is -2.31. The lowest BCUT2D eigenvalue weighted by Crippen LogP contribution is -2.39. The van der Waals surface area contributed by atoms with E-state index >= 15 is 0 Å². The van der Waals surface area contributed by atoms with Gasteiger partial charge >= 0.3 is 0 Å². The Morgan fingerprint density at radius 2 is 2.04 bits per heavy atom. The van der Waals surface area contributed by atoms with E-state index in [1.54, 1.807) is 18.2 Å². The largest absolute Gasteiger partial charge is 0.345 e. The Balaban J connectivity index is 1.71. The third kappa shape index (κ3) is 3.75. The number of carbonyl (C=O) groups excluding carboxylic acids is 1. The summed E-state index contributed by atoms with van der Waals surface area (Å²) in [6.07, 6.45) is 6.94. The van der Waals surface area contributed by atoms with E-state index in [1.807, 2.05) is 23.2 Å². The van der Waals surface area contributed by atoms with E-state index in [0.29, 0.717) is 19.6 Å². The lowest BCUT2D eigenvalue weighted by molar-refractivity contribution is -0.138. The summed E-state index contributed by atoms with van der Waals surface area (Å²) in [7, 11) is 0. The molecule has 0 unspecified atom stereocenters. The van der Waals surface area contributed by atoms with Crippen molar-refractivity contribution in [2.75, 3.05) is 6.54 Å². The molecular formula is C20H23FN2O. The number of rotatable bonds is 7. The Morgan fingerprint density at radius 3 is 2.67 bits per heavy atom. The second-order valence-electron chi connectivity index (χ2n) is 6.39. The number of benzene rings is 1. The molecule has 3 rings (SSSR count). The molecular weight excluding hydrogens is 303 g/mol. The highest BCUT2D eigenvalue weighted by Gasteiger charge is 2.29. The van der Waals surface area contributed by atoms with Gasteiger partial charge in [0.15, 0.2) is 0 Å². The smallest absolute Gasteiger partial charge is 0.226 e. The highest BCUT2D eigenvalue weighted by Crippen LogP contribution is 2.28. The third-order valence-electron chi connectivity index (χ3n) is 4.66. The highest BCUT2D eigenvalue weighted by atomic mass is 19.1. The Bertz CT molecular complexity index is 701. The first-order chi connectivity index (χ1) is 11.7. The van der Waals surface area contributed by atoms with Gasteiger partial charge in [-0.3, -0.25) is 4.79 Å².